The first kappa shape index (κ1) is 33.6. The number of aryl methyl sites for hydroxylation is 1. The Morgan fingerprint density at radius 2 is 1.09 bits per heavy atom. The monoisotopic (exact) mass is 1360 g/mol. The van der Waals surface area contributed by atoms with Crippen molar-refractivity contribution in [2.45, 2.75) is 59.2 Å². The van der Waals surface area contributed by atoms with Gasteiger partial charge in [0.2, 0.25) is 0 Å². The Hall–Kier alpha value is -9.45. The molecule has 11 aromatic carbocycles. The van der Waals surface area contributed by atoms with E-state index >= 15 is 0 Å². The largest absolute Gasteiger partial charge is 0.510 e. The normalized spacial score (nSPS) is 16.6. The van der Waals surface area contributed by atoms with Crippen LogP contribution >= 0.6 is 0 Å². The van der Waals surface area contributed by atoms with Crippen LogP contribution in [0.2, 0.25) is 0 Å². The summed E-state index contributed by atoms with van der Waals surface area (Å²) >= 11 is 0. The maximum absolute atomic E-state index is 10.2. The van der Waals surface area contributed by atoms with Gasteiger partial charge in [-0.05, 0) is 112 Å². The van der Waals surface area contributed by atoms with Crippen molar-refractivity contribution in [1.29, 1.82) is 0 Å². The second-order valence-corrected chi connectivity index (χ2v) is 26.3. The van der Waals surface area contributed by atoms with Gasteiger partial charge in [0.25, 0.3) is 6.33 Å². The molecule has 14 aromatic rings. The van der Waals surface area contributed by atoms with Crippen molar-refractivity contribution in [3.8, 4) is 62.1 Å². The molecule has 0 spiro atoms. The van der Waals surface area contributed by atoms with Gasteiger partial charge in [-0.15, -0.1) is 29.7 Å². The van der Waals surface area contributed by atoms with Gasteiger partial charge in [-0.3, -0.25) is 4.57 Å². The van der Waals surface area contributed by atoms with Crippen LogP contribution in [-0.4, -0.2) is 22.2 Å². The first-order valence-electron chi connectivity index (χ1n) is 41.7. The van der Waals surface area contributed by atoms with E-state index in [1.807, 2.05) is 30.3 Å². The fourth-order valence-corrected chi connectivity index (χ4v) is 15.2. The van der Waals surface area contributed by atoms with Gasteiger partial charge in [0.05, 0.1) is 51.0 Å². The Morgan fingerprint density at radius 3 is 1.70 bits per heavy atom. The molecular weight excluding hydrogens is 1270 g/mol. The zero-order valence-corrected chi connectivity index (χ0v) is 51.3. The van der Waals surface area contributed by atoms with Crippen molar-refractivity contribution in [3.05, 3.63) is 308 Å². The van der Waals surface area contributed by atoms with Crippen molar-refractivity contribution < 1.29 is 68.8 Å². The van der Waals surface area contributed by atoms with Gasteiger partial charge in [-0.2, -0.15) is 18.2 Å². The van der Waals surface area contributed by atoms with Crippen LogP contribution in [0, 0.1) is 25.3 Å². The molecule has 0 saturated heterocycles. The molecule has 14 rings (SSSR count). The van der Waals surface area contributed by atoms with E-state index in [1.165, 1.54) is 27.3 Å². The molecule has 5 nitrogen and oxygen atoms in total. The second-order valence-electron chi connectivity index (χ2n) is 22.7. The third kappa shape index (κ3) is 10.4. The number of para-hydroxylation sites is 1. The molecule has 0 fully saturated rings. The van der Waals surface area contributed by atoms with E-state index in [-0.39, 0.29) is 88.3 Å². The summed E-state index contributed by atoms with van der Waals surface area (Å²) in [6.07, 6.45) is 4.60. The molecule has 0 aliphatic carbocycles. The van der Waals surface area contributed by atoms with Crippen LogP contribution in [0.3, 0.4) is 0 Å². The van der Waals surface area contributed by atoms with E-state index in [4.69, 9.17) is 26.2 Å². The van der Waals surface area contributed by atoms with Crippen molar-refractivity contribution >= 4 is 61.7 Å². The summed E-state index contributed by atoms with van der Waals surface area (Å²) in [6, 6.07) is 16.0. The van der Waals surface area contributed by atoms with Gasteiger partial charge in [-0.25, -0.2) is 4.98 Å². The third-order valence-corrected chi connectivity index (χ3v) is 19.6. The van der Waals surface area contributed by atoms with E-state index in [9.17, 15) is 21.9 Å². The van der Waals surface area contributed by atoms with Crippen LogP contribution in [0.1, 0.15) is 96.6 Å². The maximum atomic E-state index is 10.2. The quantitative estimate of drug-likeness (QED) is 0.0529. The molecule has 0 amide bonds. The number of nitrogens with zero attached hydrogens (tertiary/aromatic N) is 4. The van der Waals surface area contributed by atoms with Gasteiger partial charge in [0, 0.05) is 54.0 Å². The summed E-state index contributed by atoms with van der Waals surface area (Å²) in [6.45, 7) is 8.39. The van der Waals surface area contributed by atoms with E-state index in [1.54, 1.807) is 92.1 Å². The van der Waals surface area contributed by atoms with Crippen LogP contribution in [0.25, 0.3) is 83.4 Å². The number of hydrogen-bond acceptors (Lipinski definition) is 2. The molecule has 3 aromatic heterocycles. The number of aromatic nitrogens is 4. The van der Waals surface area contributed by atoms with Crippen molar-refractivity contribution in [3.63, 3.8) is 0 Å². The van der Waals surface area contributed by atoms with Crippen molar-refractivity contribution in [2.24, 2.45) is 0 Å². The number of ether oxygens (including phenoxy) is 1. The Kier molecular flexibility index (Phi) is 8.91. The molecule has 0 bridgehead atoms. The standard InChI is InChI=1S/C81H66N4OSi.Pt/c1-56-48-78(82-54-72(56)59-28-15-9-16-29-59)85-73-39-24-23-38-69(73)70-46-45-65(53-75(70)85)86-64-31-25-30-63(52-64)83-55-84(74-47-42-60(49-76(74)83)57-40-43-61(44-41-57)80(2,3)4)79-71(58-26-13-8-14-27-58)50-62(81(5,6)7)51-77(79)87(66-32-17-10-18-33-66,67-34-19-11-20-35-67)68-36-21-12-22-37-68;/h8-51,54H,1-7H3;/q-2;/i1D3,8D,9D,10D,11D,12D,13D,14D,15D,16D,17D,18D,19D,20D,21D,22D,26D,27D,28D,29D,32D,33D,34D,35D,36D,37D;. The molecule has 7 heteroatoms. The molecule has 0 radical (unpaired) electrons. The maximum Gasteiger partial charge on any atom is 0.268 e. The minimum atomic E-state index is -6.28. The third-order valence-electron chi connectivity index (χ3n) is 15.4. The summed E-state index contributed by atoms with van der Waals surface area (Å²) in [7, 11) is -6.28. The van der Waals surface area contributed by atoms with E-state index < -0.39 is 203 Å². The number of rotatable bonds is 12. The van der Waals surface area contributed by atoms with E-state index in [2.05, 4.69) is 39.2 Å². The molecule has 0 unspecified atom stereocenters. The number of pyridine rings is 1. The summed E-state index contributed by atoms with van der Waals surface area (Å²) < 4.78 is 272. The summed E-state index contributed by atoms with van der Waals surface area (Å²) in [5.41, 5.74) is 0.0463. The zero-order chi connectivity index (χ0) is 83.7. The number of fused-ring (bicyclic) bond motifs is 4. The minimum Gasteiger partial charge on any atom is -0.510 e. The molecular formula is C81H66N4OPtSi-2. The van der Waals surface area contributed by atoms with Crippen LogP contribution in [0.5, 0.6) is 11.5 Å². The molecule has 0 aliphatic heterocycles. The number of hydrogen-bond donors (Lipinski definition) is 0. The first-order valence-corrected chi connectivity index (χ1v) is 29.7. The molecule has 0 saturated carbocycles. The summed E-state index contributed by atoms with van der Waals surface area (Å²) in [5, 5.41) is -1.77. The molecule has 3 heterocycles. The Balaban J connectivity index is 0.0000117. The van der Waals surface area contributed by atoms with Gasteiger partial charge in [-0.1, -0.05) is 265 Å². The van der Waals surface area contributed by atoms with Gasteiger partial charge in [0.15, 0.2) is 8.07 Å². The Labute approximate surface area is 571 Å². The molecule has 0 atom stereocenters. The van der Waals surface area contributed by atoms with Crippen LogP contribution in [-0.2, 0) is 31.9 Å². The molecule has 432 valence electrons. The Bertz CT molecular complexity index is 6230. The fourth-order valence-electron chi connectivity index (χ4n) is 11.1. The van der Waals surface area contributed by atoms with Crippen LogP contribution < -0.4 is 30.1 Å². The van der Waals surface area contributed by atoms with Gasteiger partial charge >= 0.3 is 0 Å². The van der Waals surface area contributed by atoms with Gasteiger partial charge in [0.1, 0.15) is 5.82 Å². The average molecular weight is 1360 g/mol. The number of benzene rings is 11. The molecule has 0 N–H and O–H groups in total. The van der Waals surface area contributed by atoms with E-state index in [0.717, 1.165) is 11.8 Å². The molecule has 0 aliphatic rings. The Morgan fingerprint density at radius 1 is 0.511 bits per heavy atom. The predicted molar refractivity (Wildman–Crippen MR) is 362 cm³/mol. The first-order chi connectivity index (χ1) is 53.9. The average Bonchev–Trinajstić information content (AvgIpc) is 0.793. The topological polar surface area (TPSA) is 35.9 Å². The van der Waals surface area contributed by atoms with Crippen molar-refractivity contribution in [2.75, 3.05) is 0 Å². The molecule has 88 heavy (non-hydrogen) atoms. The zero-order valence-electron chi connectivity index (χ0n) is 76.1. The fraction of sp³-hybridized carbons (Fsp3) is 0.111. The number of imidazole rings is 1. The second kappa shape index (κ2) is 23.3. The SMILES string of the molecule is [2H]c1c([2H])c([2H])c(-c2cnc(-n3c4[c-]c(Oc5[c-]c(-n6[c-][n+](-c7c(-c8c([2H])c([2H])c([2H])c([2H])c8[2H])cc(C(C)(C)C)cc7[Si](c7c([2H])c([2H])c([2H])c([2H])c7[2H])(c7c([2H])c([2H])c([2H])c([2H])c7[2H])c7c([2H])c([2H])c([2H])c([2H])c7[2H])c7ccc(-c8ccc(C(C)(C)C)cc8)cc76)ccc5)ccc4c4ccccc43)cc2C([2H])([2H])[2H])c([2H])c1[2H].[Pt]. The van der Waals surface area contributed by atoms with E-state index in [0.29, 0.717) is 32.9 Å². The van der Waals surface area contributed by atoms with Crippen LogP contribution in [0.15, 0.2) is 273 Å². The predicted octanol–water partition coefficient (Wildman–Crippen LogP) is 16.9. The van der Waals surface area contributed by atoms with Crippen LogP contribution in [0.4, 0.5) is 0 Å². The summed E-state index contributed by atoms with van der Waals surface area (Å²) in [4.78, 5) is 4.70. The minimum absolute atomic E-state index is 0. The van der Waals surface area contributed by atoms with Gasteiger partial charge < -0.3 is 13.9 Å². The van der Waals surface area contributed by atoms with Crippen molar-refractivity contribution in [1.82, 2.24) is 14.1 Å². The summed E-state index contributed by atoms with van der Waals surface area (Å²) in [5.74, 6) is 0.126. The smallest absolute Gasteiger partial charge is 0.268 e.